The summed E-state index contributed by atoms with van der Waals surface area (Å²) in [5.41, 5.74) is -2.59. The summed E-state index contributed by atoms with van der Waals surface area (Å²) in [5, 5.41) is 0. The molecule has 0 atom stereocenters. The van der Waals surface area contributed by atoms with E-state index in [4.69, 9.17) is 0 Å². The van der Waals surface area contributed by atoms with E-state index in [1.165, 1.54) is 23.1 Å². The molecular weight excluding hydrogens is 323 g/mol. The van der Waals surface area contributed by atoms with Gasteiger partial charge in [-0.2, -0.15) is 13.2 Å². The molecule has 0 aliphatic heterocycles. The molecule has 0 aliphatic rings. The number of hydrogen-bond acceptors (Lipinski definition) is 3. The molecule has 0 radical (unpaired) electrons. The van der Waals surface area contributed by atoms with Crippen molar-refractivity contribution in [1.82, 2.24) is 14.5 Å². The molecule has 0 unspecified atom stereocenters. The monoisotopic (exact) mass is 341 g/mol. The number of likely N-dealkylation sites (N-methyl/N-ethyl adjacent to an activating group) is 1. The first-order chi connectivity index (χ1) is 11.3. The van der Waals surface area contributed by atoms with Crippen molar-refractivity contribution in [2.24, 2.45) is 0 Å². The minimum Gasteiger partial charge on any atom is -0.344 e. The number of carbonyl (C=O) groups excluding carboxylic acids is 1. The fraction of sp³-hybridized carbons (Fsp3) is 0.438. The third kappa shape index (κ3) is 3.74. The van der Waals surface area contributed by atoms with Gasteiger partial charge in [-0.25, -0.2) is 4.98 Å². The van der Waals surface area contributed by atoms with Crippen LogP contribution in [0.5, 0.6) is 0 Å². The average molecular weight is 341 g/mol. The summed E-state index contributed by atoms with van der Waals surface area (Å²) in [5.74, 6) is -0.421. The lowest BCUT2D eigenvalue weighted by molar-refractivity contribution is -0.142. The average Bonchev–Trinajstić information content (AvgIpc) is 2.53. The lowest BCUT2D eigenvalue weighted by atomic mass is 10.2. The van der Waals surface area contributed by atoms with Gasteiger partial charge in [-0.15, -0.1) is 0 Å². The van der Waals surface area contributed by atoms with E-state index in [0.29, 0.717) is 6.54 Å². The van der Waals surface area contributed by atoms with E-state index in [-0.39, 0.29) is 11.0 Å². The molecule has 0 bridgehead atoms. The first-order valence-electron chi connectivity index (χ1n) is 7.56. The van der Waals surface area contributed by atoms with Gasteiger partial charge in [0.2, 0.25) is 11.6 Å². The number of fused-ring (bicyclic) bond motifs is 1. The summed E-state index contributed by atoms with van der Waals surface area (Å²) >= 11 is 0. The molecule has 2 aromatic rings. The third-order valence-corrected chi connectivity index (χ3v) is 3.69. The maximum atomic E-state index is 13.0. The van der Waals surface area contributed by atoms with Gasteiger partial charge in [0.25, 0.3) is 5.56 Å². The van der Waals surface area contributed by atoms with Gasteiger partial charge in [0, 0.05) is 13.6 Å². The van der Waals surface area contributed by atoms with Gasteiger partial charge in [0.1, 0.15) is 6.54 Å². The summed E-state index contributed by atoms with van der Waals surface area (Å²) in [6, 6.07) is 5.97. The van der Waals surface area contributed by atoms with Crippen LogP contribution in [0.2, 0.25) is 0 Å². The Morgan fingerprint density at radius 3 is 2.58 bits per heavy atom. The number of nitrogens with zero attached hydrogens (tertiary/aromatic N) is 3. The highest BCUT2D eigenvalue weighted by atomic mass is 19.4. The number of carbonyl (C=O) groups is 1. The van der Waals surface area contributed by atoms with E-state index in [1.54, 1.807) is 13.1 Å². The van der Waals surface area contributed by atoms with E-state index < -0.39 is 29.9 Å². The lowest BCUT2D eigenvalue weighted by Crippen LogP contribution is -2.37. The van der Waals surface area contributed by atoms with Crippen molar-refractivity contribution in [1.29, 1.82) is 0 Å². The van der Waals surface area contributed by atoms with Crippen molar-refractivity contribution in [3.63, 3.8) is 0 Å². The Hall–Kier alpha value is -2.38. The zero-order valence-corrected chi connectivity index (χ0v) is 13.4. The number of amides is 1. The Morgan fingerprint density at radius 2 is 1.96 bits per heavy atom. The van der Waals surface area contributed by atoms with Crippen LogP contribution in [0.4, 0.5) is 13.2 Å². The maximum absolute atomic E-state index is 13.0. The Bertz CT molecular complexity index is 799. The van der Waals surface area contributed by atoms with Crippen LogP contribution in [0.15, 0.2) is 29.1 Å². The molecular formula is C16H18F3N3O2. The molecule has 0 spiro atoms. The highest BCUT2D eigenvalue weighted by molar-refractivity contribution is 5.80. The zero-order chi connectivity index (χ0) is 17.9. The first kappa shape index (κ1) is 18.0. The second kappa shape index (κ2) is 7.02. The fourth-order valence-corrected chi connectivity index (χ4v) is 2.31. The number of hydrogen-bond donors (Lipinski definition) is 0. The molecule has 0 saturated carbocycles. The second-order valence-electron chi connectivity index (χ2n) is 5.51. The fourth-order valence-electron chi connectivity index (χ4n) is 2.31. The van der Waals surface area contributed by atoms with Crippen LogP contribution in [0.1, 0.15) is 25.5 Å². The largest absolute Gasteiger partial charge is 0.438 e. The third-order valence-electron chi connectivity index (χ3n) is 3.69. The van der Waals surface area contributed by atoms with Crippen LogP contribution in [0.25, 0.3) is 11.0 Å². The Balaban J connectivity index is 2.50. The van der Waals surface area contributed by atoms with E-state index >= 15 is 0 Å². The quantitative estimate of drug-likeness (QED) is 0.840. The molecule has 1 heterocycles. The van der Waals surface area contributed by atoms with E-state index in [0.717, 1.165) is 17.4 Å². The van der Waals surface area contributed by atoms with Crippen LogP contribution < -0.4 is 5.56 Å². The molecule has 1 amide bonds. The van der Waals surface area contributed by atoms with Gasteiger partial charge in [-0.05, 0) is 18.6 Å². The molecule has 8 heteroatoms. The summed E-state index contributed by atoms with van der Waals surface area (Å²) in [6.07, 6.45) is -3.21. The minimum absolute atomic E-state index is 0.0217. The second-order valence-corrected chi connectivity index (χ2v) is 5.51. The van der Waals surface area contributed by atoms with Crippen LogP contribution in [0.3, 0.4) is 0 Å². The van der Waals surface area contributed by atoms with Crippen LogP contribution >= 0.6 is 0 Å². The van der Waals surface area contributed by atoms with Gasteiger partial charge in [-0.3, -0.25) is 14.2 Å². The van der Waals surface area contributed by atoms with Crippen molar-refractivity contribution in [2.45, 2.75) is 32.5 Å². The molecule has 5 nitrogen and oxygen atoms in total. The molecule has 130 valence electrons. The molecule has 0 fully saturated rings. The van der Waals surface area contributed by atoms with Gasteiger partial charge >= 0.3 is 6.18 Å². The van der Waals surface area contributed by atoms with Crippen molar-refractivity contribution in [3.05, 3.63) is 40.3 Å². The molecule has 1 aromatic heterocycles. The Kier molecular flexibility index (Phi) is 5.26. The number of unbranched alkanes of at least 4 members (excludes halogenated alkanes) is 1. The van der Waals surface area contributed by atoms with Crippen molar-refractivity contribution >= 4 is 16.9 Å². The highest BCUT2D eigenvalue weighted by Crippen LogP contribution is 2.26. The molecule has 1 aromatic carbocycles. The maximum Gasteiger partial charge on any atom is 0.438 e. The van der Waals surface area contributed by atoms with Crippen molar-refractivity contribution in [3.8, 4) is 0 Å². The van der Waals surface area contributed by atoms with Gasteiger partial charge in [0.05, 0.1) is 11.0 Å². The standard InChI is InChI=1S/C16H18F3N3O2/c1-3-4-9-21(2)13(23)10-22-12-8-6-5-7-11(12)20-14(15(22)24)16(17,18)19/h5-8H,3-4,9-10H2,1-2H3. The van der Waals surface area contributed by atoms with Crippen LogP contribution in [-0.2, 0) is 17.5 Å². The summed E-state index contributed by atoms with van der Waals surface area (Å²) in [4.78, 5) is 29.3. The van der Waals surface area contributed by atoms with E-state index in [2.05, 4.69) is 4.98 Å². The van der Waals surface area contributed by atoms with Gasteiger partial charge < -0.3 is 4.90 Å². The van der Waals surface area contributed by atoms with E-state index in [1.807, 2.05) is 6.92 Å². The number of rotatable bonds is 5. The Morgan fingerprint density at radius 1 is 1.29 bits per heavy atom. The normalized spacial score (nSPS) is 11.7. The molecule has 2 rings (SSSR count). The lowest BCUT2D eigenvalue weighted by Gasteiger charge is -2.19. The number of para-hydroxylation sites is 2. The van der Waals surface area contributed by atoms with Gasteiger partial charge in [0.15, 0.2) is 0 Å². The first-order valence-corrected chi connectivity index (χ1v) is 7.56. The number of benzene rings is 1. The summed E-state index contributed by atoms with van der Waals surface area (Å²) < 4.78 is 40.0. The summed E-state index contributed by atoms with van der Waals surface area (Å²) in [7, 11) is 1.57. The number of aromatic nitrogens is 2. The minimum atomic E-state index is -4.87. The number of halogens is 3. The zero-order valence-electron chi connectivity index (χ0n) is 13.4. The van der Waals surface area contributed by atoms with Gasteiger partial charge in [-0.1, -0.05) is 25.5 Å². The Labute approximate surface area is 136 Å². The smallest absolute Gasteiger partial charge is 0.344 e. The highest BCUT2D eigenvalue weighted by Gasteiger charge is 2.37. The predicted molar refractivity (Wildman–Crippen MR) is 83.6 cm³/mol. The molecule has 0 saturated heterocycles. The van der Waals surface area contributed by atoms with Crippen LogP contribution in [-0.4, -0.2) is 34.0 Å². The summed E-state index contributed by atoms with van der Waals surface area (Å²) in [6.45, 7) is 2.00. The SMILES string of the molecule is CCCCN(C)C(=O)Cn1c(=O)c(C(F)(F)F)nc2ccccc21. The van der Waals surface area contributed by atoms with Crippen molar-refractivity contribution in [2.75, 3.05) is 13.6 Å². The van der Waals surface area contributed by atoms with E-state index in [9.17, 15) is 22.8 Å². The topological polar surface area (TPSA) is 55.2 Å². The molecule has 0 aliphatic carbocycles. The van der Waals surface area contributed by atoms with Crippen LogP contribution in [0, 0.1) is 0 Å². The number of alkyl halides is 3. The van der Waals surface area contributed by atoms with Crippen molar-refractivity contribution < 1.29 is 18.0 Å². The molecule has 24 heavy (non-hydrogen) atoms. The molecule has 0 N–H and O–H groups in total. The predicted octanol–water partition coefficient (Wildman–Crippen LogP) is 2.67.